The van der Waals surface area contributed by atoms with Crippen LogP contribution in [0.1, 0.15) is 19.8 Å². The van der Waals surface area contributed by atoms with Gasteiger partial charge in [-0.05, 0) is 6.42 Å². The third-order valence-corrected chi connectivity index (χ3v) is 1.42. The molecule has 8 heavy (non-hydrogen) atoms. The zero-order valence-electron chi connectivity index (χ0n) is 4.86. The van der Waals surface area contributed by atoms with Crippen molar-refractivity contribution in [3.05, 3.63) is 0 Å². The molecule has 0 aromatic carbocycles. The van der Waals surface area contributed by atoms with Crippen LogP contribution in [0.5, 0.6) is 0 Å². The van der Waals surface area contributed by atoms with E-state index in [-0.39, 0.29) is 23.1 Å². The van der Waals surface area contributed by atoms with Gasteiger partial charge in [-0.3, -0.25) is 0 Å². The van der Waals surface area contributed by atoms with E-state index in [1.54, 1.807) is 0 Å². The molecule has 0 aliphatic carbocycles. The first-order valence-corrected chi connectivity index (χ1v) is 3.88. The van der Waals surface area contributed by atoms with Gasteiger partial charge in [0.2, 0.25) is 0 Å². The minimum atomic E-state index is 0. The lowest BCUT2D eigenvalue weighted by molar-refractivity contribution is 0.883. The second-order valence-electron chi connectivity index (χ2n) is 1.18. The second-order valence-corrected chi connectivity index (χ2v) is 4.62. The van der Waals surface area contributed by atoms with E-state index in [1.807, 2.05) is 0 Å². The van der Waals surface area contributed by atoms with E-state index >= 15 is 0 Å². The van der Waals surface area contributed by atoms with Gasteiger partial charge in [-0.25, -0.2) is 0 Å². The first-order chi connectivity index (χ1) is 2.77. The van der Waals surface area contributed by atoms with Crippen LogP contribution in [0.15, 0.2) is 0 Å². The number of hydrogen-bond donors (Lipinski definition) is 1. The predicted octanol–water partition coefficient (Wildman–Crippen LogP) is 3.64. The van der Waals surface area contributed by atoms with Crippen LogP contribution in [-0.4, -0.2) is 3.74 Å². The highest BCUT2D eigenvalue weighted by Gasteiger charge is 1.90. The van der Waals surface area contributed by atoms with Gasteiger partial charge in [-0.2, -0.15) is 0 Å². The van der Waals surface area contributed by atoms with Gasteiger partial charge in [0.25, 0.3) is 0 Å². The molecule has 0 bridgehead atoms. The van der Waals surface area contributed by atoms with E-state index in [2.05, 4.69) is 38.8 Å². The van der Waals surface area contributed by atoms with Crippen LogP contribution < -0.4 is 6.15 Å². The maximum atomic E-state index is 3.35. The summed E-state index contributed by atoms with van der Waals surface area (Å²) in [5, 5.41) is 0. The van der Waals surface area contributed by atoms with Crippen molar-refractivity contribution in [2.45, 2.75) is 23.5 Å². The molecule has 0 aliphatic rings. The van der Waals surface area contributed by atoms with E-state index in [1.165, 1.54) is 12.8 Å². The second kappa shape index (κ2) is 11.2. The van der Waals surface area contributed by atoms with Crippen molar-refractivity contribution in [1.82, 2.24) is 6.15 Å². The van der Waals surface area contributed by atoms with Gasteiger partial charge in [0.15, 0.2) is 0 Å². The molecule has 0 aromatic rings. The third kappa shape index (κ3) is 15.7. The van der Waals surface area contributed by atoms with Crippen LogP contribution in [0.4, 0.5) is 0 Å². The molecule has 0 saturated heterocycles. The van der Waals surface area contributed by atoms with Gasteiger partial charge in [0, 0.05) is 0 Å². The van der Waals surface area contributed by atoms with E-state index < -0.39 is 0 Å². The molecule has 0 heterocycles. The lowest BCUT2D eigenvalue weighted by Crippen LogP contribution is -1.78. The molecule has 0 rings (SSSR count). The minimum Gasteiger partial charge on any atom is -0.344 e. The molecule has 0 saturated carbocycles. The van der Waals surface area contributed by atoms with E-state index in [9.17, 15) is 0 Å². The SMILES string of the molecule is Br.CCCC(Br)Br.N. The van der Waals surface area contributed by atoms with Crippen LogP contribution >= 0.6 is 48.8 Å². The van der Waals surface area contributed by atoms with Crippen LogP contribution in [0, 0.1) is 0 Å². The van der Waals surface area contributed by atoms with E-state index in [0.717, 1.165) is 0 Å². The van der Waals surface area contributed by atoms with Gasteiger partial charge in [0.05, 0.1) is 3.74 Å². The molecule has 1 nitrogen and oxygen atoms in total. The highest BCUT2D eigenvalue weighted by atomic mass is 79.9. The molecule has 0 aliphatic heterocycles. The van der Waals surface area contributed by atoms with Crippen molar-refractivity contribution in [3.63, 3.8) is 0 Å². The molecule has 0 radical (unpaired) electrons. The van der Waals surface area contributed by atoms with Crippen molar-refractivity contribution in [2.75, 3.05) is 0 Å². The van der Waals surface area contributed by atoms with Crippen molar-refractivity contribution in [3.8, 4) is 0 Å². The smallest absolute Gasteiger partial charge is 0.0697 e. The largest absolute Gasteiger partial charge is 0.344 e. The van der Waals surface area contributed by atoms with Crippen LogP contribution in [-0.2, 0) is 0 Å². The van der Waals surface area contributed by atoms with Crippen molar-refractivity contribution >= 4 is 48.8 Å². The summed E-state index contributed by atoms with van der Waals surface area (Å²) < 4.78 is 0.523. The number of hydrogen-bond acceptors (Lipinski definition) is 1. The van der Waals surface area contributed by atoms with Gasteiger partial charge < -0.3 is 6.15 Å². The Morgan fingerprint density at radius 1 is 1.38 bits per heavy atom. The Bertz CT molecular complexity index is 32.5. The molecule has 0 atom stereocenters. The molecule has 0 aromatic heterocycles. The number of rotatable bonds is 2. The maximum Gasteiger partial charge on any atom is 0.0697 e. The fourth-order valence-corrected chi connectivity index (χ4v) is 1.13. The molecule has 3 N–H and O–H groups in total. The topological polar surface area (TPSA) is 35.0 Å². The van der Waals surface area contributed by atoms with Crippen molar-refractivity contribution in [1.29, 1.82) is 0 Å². The summed E-state index contributed by atoms with van der Waals surface area (Å²) in [6.07, 6.45) is 2.45. The summed E-state index contributed by atoms with van der Waals surface area (Å²) in [5.41, 5.74) is 0. The zero-order chi connectivity index (χ0) is 4.99. The Morgan fingerprint density at radius 3 is 1.75 bits per heavy atom. The normalized spacial score (nSPS) is 7.50. The Hall–Kier alpha value is 1.40. The van der Waals surface area contributed by atoms with Crippen LogP contribution in [0.25, 0.3) is 0 Å². The Balaban J connectivity index is -0.000000125. The summed E-state index contributed by atoms with van der Waals surface area (Å²) >= 11 is 6.70. The first kappa shape index (κ1) is 16.2. The third-order valence-electron chi connectivity index (χ3n) is 0.507. The Morgan fingerprint density at radius 2 is 1.75 bits per heavy atom. The highest BCUT2D eigenvalue weighted by Crippen LogP contribution is 2.13. The monoisotopic (exact) mass is 311 g/mol. The van der Waals surface area contributed by atoms with E-state index in [4.69, 9.17) is 0 Å². The molecule has 54 valence electrons. The maximum absolute atomic E-state index is 3.35. The van der Waals surface area contributed by atoms with Gasteiger partial charge in [-0.15, -0.1) is 17.0 Å². The molecule has 0 unspecified atom stereocenters. The predicted molar refractivity (Wildman–Crippen MR) is 51.9 cm³/mol. The molecule has 0 fully saturated rings. The molecule has 0 spiro atoms. The number of halogens is 3. The lowest BCUT2D eigenvalue weighted by atomic mass is 10.4. The Labute approximate surface area is 78.2 Å². The van der Waals surface area contributed by atoms with Gasteiger partial charge in [0.1, 0.15) is 0 Å². The Kier molecular flexibility index (Phi) is 22.7. The van der Waals surface area contributed by atoms with Crippen molar-refractivity contribution in [2.24, 2.45) is 0 Å². The van der Waals surface area contributed by atoms with Crippen LogP contribution in [0.3, 0.4) is 0 Å². The summed E-state index contributed by atoms with van der Waals surface area (Å²) in [4.78, 5) is 0. The highest BCUT2D eigenvalue weighted by molar-refractivity contribution is 9.24. The summed E-state index contributed by atoms with van der Waals surface area (Å²) in [6.45, 7) is 2.16. The minimum absolute atomic E-state index is 0. The lowest BCUT2D eigenvalue weighted by Gasteiger charge is -1.91. The average molecular weight is 314 g/mol. The van der Waals surface area contributed by atoms with Gasteiger partial charge >= 0.3 is 0 Å². The fraction of sp³-hybridized carbons (Fsp3) is 1.00. The van der Waals surface area contributed by atoms with Gasteiger partial charge in [-0.1, -0.05) is 45.2 Å². The van der Waals surface area contributed by atoms with Crippen molar-refractivity contribution < 1.29 is 0 Å². The fourth-order valence-electron chi connectivity index (χ4n) is 0.218. The standard InChI is InChI=1S/C4H8Br2.BrH.H3N/c1-2-3-4(5)6;;/h4H,2-3H2,1H3;1H;1H3. The molecular formula is C4H12Br3N. The molecule has 4 heteroatoms. The van der Waals surface area contributed by atoms with E-state index in [0.29, 0.717) is 3.74 Å². The quantitative estimate of drug-likeness (QED) is 0.776. The average Bonchev–Trinajstić information content (AvgIpc) is 1.35. The zero-order valence-corrected chi connectivity index (χ0v) is 9.75. The van der Waals surface area contributed by atoms with Crippen LogP contribution in [0.2, 0.25) is 0 Å². The first-order valence-electron chi connectivity index (χ1n) is 2.05. The summed E-state index contributed by atoms with van der Waals surface area (Å²) in [7, 11) is 0. The summed E-state index contributed by atoms with van der Waals surface area (Å²) in [6, 6.07) is 0. The summed E-state index contributed by atoms with van der Waals surface area (Å²) in [5.74, 6) is 0. The number of alkyl halides is 2. The molecule has 0 amide bonds. The molecular weight excluding hydrogens is 302 g/mol.